The highest BCUT2D eigenvalue weighted by Crippen LogP contribution is 2.26. The first-order valence-electron chi connectivity index (χ1n) is 4.62. The molecule has 2 rings (SSSR count). The lowest BCUT2D eigenvalue weighted by Gasteiger charge is -2.04. The van der Waals surface area contributed by atoms with Gasteiger partial charge in [0.25, 0.3) is 5.91 Å². The molecule has 0 radical (unpaired) electrons. The van der Waals surface area contributed by atoms with E-state index in [4.69, 9.17) is 11.6 Å². The molecule has 0 fully saturated rings. The molecular weight excluding hydrogens is 248 g/mol. The van der Waals surface area contributed by atoms with E-state index in [0.717, 1.165) is 4.90 Å². The van der Waals surface area contributed by atoms with Crippen LogP contribution in [0.3, 0.4) is 0 Å². The topological polar surface area (TPSA) is 76.6 Å². The third kappa shape index (κ3) is 1.76. The highest BCUT2D eigenvalue weighted by Gasteiger charge is 2.32. The van der Waals surface area contributed by atoms with Crippen LogP contribution >= 0.6 is 11.6 Å². The lowest BCUT2D eigenvalue weighted by Crippen LogP contribution is -2.21. The maximum absolute atomic E-state index is 11.7. The number of amides is 2. The standard InChI is InChI=1S/C10H7ClN2O4/c1-17-10(16)8-6-3-13(4-14)9(15)5(6)2-7(11)12-8/h2,4H,3H2,1H3. The molecule has 0 spiro atoms. The highest BCUT2D eigenvalue weighted by molar-refractivity contribution is 6.30. The molecule has 1 aliphatic rings. The molecule has 88 valence electrons. The number of methoxy groups -OCH3 is 1. The van der Waals surface area contributed by atoms with Gasteiger partial charge in [0.05, 0.1) is 19.2 Å². The maximum atomic E-state index is 11.7. The van der Waals surface area contributed by atoms with Crippen molar-refractivity contribution in [3.8, 4) is 0 Å². The summed E-state index contributed by atoms with van der Waals surface area (Å²) in [6, 6.07) is 1.33. The maximum Gasteiger partial charge on any atom is 0.357 e. The van der Waals surface area contributed by atoms with E-state index in [9.17, 15) is 14.4 Å². The number of nitrogens with zero attached hydrogens (tertiary/aromatic N) is 2. The van der Waals surface area contributed by atoms with Gasteiger partial charge in [-0.2, -0.15) is 0 Å². The average molecular weight is 255 g/mol. The Bertz CT molecular complexity index is 529. The number of esters is 1. The van der Waals surface area contributed by atoms with E-state index in [-0.39, 0.29) is 23.0 Å². The zero-order chi connectivity index (χ0) is 12.6. The van der Waals surface area contributed by atoms with Crippen LogP contribution in [0.25, 0.3) is 0 Å². The summed E-state index contributed by atoms with van der Waals surface area (Å²) in [5, 5.41) is 0.00486. The number of aromatic nitrogens is 1. The Hall–Kier alpha value is -1.95. The summed E-state index contributed by atoms with van der Waals surface area (Å²) in [5.74, 6) is -1.19. The van der Waals surface area contributed by atoms with E-state index in [0.29, 0.717) is 12.0 Å². The van der Waals surface area contributed by atoms with Crippen LogP contribution in [0.2, 0.25) is 5.15 Å². The van der Waals surface area contributed by atoms with E-state index in [1.807, 2.05) is 0 Å². The molecule has 0 saturated carbocycles. The Morgan fingerprint density at radius 2 is 2.35 bits per heavy atom. The van der Waals surface area contributed by atoms with Gasteiger partial charge in [0.15, 0.2) is 5.69 Å². The number of halogens is 1. The third-order valence-electron chi connectivity index (χ3n) is 2.42. The zero-order valence-corrected chi connectivity index (χ0v) is 9.52. The molecule has 1 aromatic rings. The number of ether oxygens (including phenoxy) is 1. The van der Waals surface area contributed by atoms with Crippen LogP contribution in [0.1, 0.15) is 26.4 Å². The van der Waals surface area contributed by atoms with Gasteiger partial charge in [0, 0.05) is 5.56 Å². The van der Waals surface area contributed by atoms with Crippen LogP contribution in [0.4, 0.5) is 0 Å². The number of fused-ring (bicyclic) bond motifs is 1. The Labute approximate surface area is 101 Å². The molecule has 0 bridgehead atoms. The van der Waals surface area contributed by atoms with Crippen molar-refractivity contribution in [3.05, 3.63) is 28.0 Å². The second-order valence-corrected chi connectivity index (χ2v) is 3.74. The fourth-order valence-corrected chi connectivity index (χ4v) is 1.83. The first kappa shape index (κ1) is 11.5. The van der Waals surface area contributed by atoms with Crippen LogP contribution < -0.4 is 0 Å². The van der Waals surface area contributed by atoms with E-state index >= 15 is 0 Å². The molecule has 0 atom stereocenters. The largest absolute Gasteiger partial charge is 0.464 e. The van der Waals surface area contributed by atoms with Gasteiger partial charge in [-0.25, -0.2) is 9.78 Å². The van der Waals surface area contributed by atoms with Crippen LogP contribution in [0.15, 0.2) is 6.07 Å². The van der Waals surface area contributed by atoms with Crippen molar-refractivity contribution in [2.75, 3.05) is 7.11 Å². The molecule has 17 heavy (non-hydrogen) atoms. The van der Waals surface area contributed by atoms with Gasteiger partial charge in [0.2, 0.25) is 6.41 Å². The predicted molar refractivity (Wildman–Crippen MR) is 56.5 cm³/mol. The molecule has 2 amide bonds. The average Bonchev–Trinajstić information content (AvgIpc) is 2.64. The Morgan fingerprint density at radius 3 is 2.94 bits per heavy atom. The van der Waals surface area contributed by atoms with E-state index in [1.54, 1.807) is 0 Å². The van der Waals surface area contributed by atoms with Crippen LogP contribution in [-0.2, 0) is 16.1 Å². The summed E-state index contributed by atoms with van der Waals surface area (Å²) in [6.07, 6.45) is 0.400. The SMILES string of the molecule is COC(=O)c1nc(Cl)cc2c1CN(C=O)C2=O. The van der Waals surface area contributed by atoms with Crippen LogP contribution in [0, 0.1) is 0 Å². The second kappa shape index (κ2) is 4.14. The lowest BCUT2D eigenvalue weighted by molar-refractivity contribution is -0.116. The number of rotatable bonds is 2. The minimum atomic E-state index is -0.690. The van der Waals surface area contributed by atoms with Gasteiger partial charge >= 0.3 is 5.97 Å². The van der Waals surface area contributed by atoms with Gasteiger partial charge in [-0.05, 0) is 6.07 Å². The quantitative estimate of drug-likeness (QED) is 0.440. The van der Waals surface area contributed by atoms with Crippen LogP contribution in [0.5, 0.6) is 0 Å². The molecular formula is C10H7ClN2O4. The van der Waals surface area contributed by atoms with Crippen molar-refractivity contribution in [1.29, 1.82) is 0 Å². The molecule has 7 heteroatoms. The van der Waals surface area contributed by atoms with Crippen molar-refractivity contribution >= 4 is 29.9 Å². The number of carbonyl (C=O) groups is 3. The second-order valence-electron chi connectivity index (χ2n) is 3.35. The minimum Gasteiger partial charge on any atom is -0.464 e. The fraction of sp³-hybridized carbons (Fsp3) is 0.200. The first-order valence-corrected chi connectivity index (χ1v) is 5.00. The number of carbonyl (C=O) groups excluding carboxylic acids is 3. The van der Waals surface area contributed by atoms with E-state index < -0.39 is 11.9 Å². The molecule has 2 heterocycles. The molecule has 1 aliphatic heterocycles. The van der Waals surface area contributed by atoms with Gasteiger partial charge in [-0.3, -0.25) is 14.5 Å². The van der Waals surface area contributed by atoms with Gasteiger partial charge < -0.3 is 4.74 Å². The molecule has 1 aromatic heterocycles. The van der Waals surface area contributed by atoms with Crippen molar-refractivity contribution in [1.82, 2.24) is 9.88 Å². The van der Waals surface area contributed by atoms with Crippen molar-refractivity contribution in [3.63, 3.8) is 0 Å². The number of hydrogen-bond acceptors (Lipinski definition) is 5. The summed E-state index contributed by atoms with van der Waals surface area (Å²) in [4.78, 5) is 38.6. The normalized spacial score (nSPS) is 13.5. The number of imide groups is 1. The monoisotopic (exact) mass is 254 g/mol. The Morgan fingerprint density at radius 1 is 1.65 bits per heavy atom. The van der Waals surface area contributed by atoms with Crippen LogP contribution in [-0.4, -0.2) is 35.3 Å². The summed E-state index contributed by atoms with van der Waals surface area (Å²) in [5.41, 5.74) is 0.531. The molecule has 0 N–H and O–H groups in total. The highest BCUT2D eigenvalue weighted by atomic mass is 35.5. The van der Waals surface area contributed by atoms with E-state index in [2.05, 4.69) is 9.72 Å². The van der Waals surface area contributed by atoms with Gasteiger partial charge in [-0.1, -0.05) is 11.6 Å². The van der Waals surface area contributed by atoms with Gasteiger partial charge in [-0.15, -0.1) is 0 Å². The smallest absolute Gasteiger partial charge is 0.357 e. The van der Waals surface area contributed by atoms with Crippen molar-refractivity contribution < 1.29 is 19.1 Å². The predicted octanol–water partition coefficient (Wildman–Crippen LogP) is 0.634. The minimum absolute atomic E-state index is 0.00486. The molecule has 0 aromatic carbocycles. The summed E-state index contributed by atoms with van der Waals surface area (Å²) >= 11 is 5.71. The third-order valence-corrected chi connectivity index (χ3v) is 2.61. The van der Waals surface area contributed by atoms with Crippen molar-refractivity contribution in [2.24, 2.45) is 0 Å². The van der Waals surface area contributed by atoms with Crippen molar-refractivity contribution in [2.45, 2.75) is 6.54 Å². The summed E-state index contributed by atoms with van der Waals surface area (Å²) in [6.45, 7) is 0.00622. The fourth-order valence-electron chi connectivity index (χ4n) is 1.64. The molecule has 6 nitrogen and oxygen atoms in total. The zero-order valence-electron chi connectivity index (χ0n) is 8.77. The number of pyridine rings is 1. The Balaban J connectivity index is 2.60. The van der Waals surface area contributed by atoms with Gasteiger partial charge in [0.1, 0.15) is 5.15 Å². The molecule has 0 unspecified atom stereocenters. The summed E-state index contributed by atoms with van der Waals surface area (Å²) < 4.78 is 4.54. The number of hydrogen-bond donors (Lipinski definition) is 0. The first-order chi connectivity index (χ1) is 8.08. The Kier molecular flexibility index (Phi) is 2.81. The molecule has 0 saturated heterocycles. The molecule has 0 aliphatic carbocycles. The van der Waals surface area contributed by atoms with E-state index in [1.165, 1.54) is 13.2 Å². The summed E-state index contributed by atoms with van der Waals surface area (Å²) in [7, 11) is 1.20. The lowest BCUT2D eigenvalue weighted by atomic mass is 10.1.